The molecule has 20 heavy (non-hydrogen) atoms. The number of nitro benzene ring substituents is 1. The van der Waals surface area contributed by atoms with Gasteiger partial charge < -0.3 is 5.32 Å². The molecule has 2 aromatic carbocycles. The summed E-state index contributed by atoms with van der Waals surface area (Å²) in [5, 5.41) is 22.2. The maximum Gasteiger partial charge on any atom is 0.270 e. The molecule has 0 heterocycles. The summed E-state index contributed by atoms with van der Waals surface area (Å²) in [5.41, 5.74) is 0.691. The molecular weight excluding hydrogens is 258 g/mol. The number of hydrogen-bond acceptors (Lipinski definition) is 4. The predicted molar refractivity (Wildman–Crippen MR) is 72.2 cm³/mol. The van der Waals surface area contributed by atoms with E-state index in [0.29, 0.717) is 11.3 Å². The Morgan fingerprint density at radius 2 is 1.95 bits per heavy atom. The van der Waals surface area contributed by atoms with Gasteiger partial charge >= 0.3 is 0 Å². The van der Waals surface area contributed by atoms with Crippen molar-refractivity contribution in [3.05, 3.63) is 69.8 Å². The number of nitrogens with one attached hydrogen (secondary N) is 1. The van der Waals surface area contributed by atoms with Crippen LogP contribution in [0.1, 0.15) is 15.9 Å². The third-order valence-electron chi connectivity index (χ3n) is 2.61. The number of rotatable bonds is 3. The van der Waals surface area contributed by atoms with E-state index >= 15 is 0 Å². The third-order valence-corrected chi connectivity index (χ3v) is 2.61. The number of benzene rings is 2. The quantitative estimate of drug-likeness (QED) is 0.683. The van der Waals surface area contributed by atoms with Crippen LogP contribution in [0, 0.1) is 21.4 Å². The Morgan fingerprint density at radius 1 is 1.20 bits per heavy atom. The lowest BCUT2D eigenvalue weighted by Gasteiger charge is -2.06. The van der Waals surface area contributed by atoms with Gasteiger partial charge in [-0.25, -0.2) is 0 Å². The molecule has 1 N–H and O–H groups in total. The molecule has 0 aliphatic rings. The van der Waals surface area contributed by atoms with Gasteiger partial charge in [-0.1, -0.05) is 18.2 Å². The fourth-order valence-corrected chi connectivity index (χ4v) is 1.64. The van der Waals surface area contributed by atoms with Gasteiger partial charge in [-0.05, 0) is 18.2 Å². The molecule has 0 aliphatic heterocycles. The zero-order valence-electron chi connectivity index (χ0n) is 10.2. The van der Waals surface area contributed by atoms with E-state index in [2.05, 4.69) is 5.32 Å². The first-order valence-electron chi connectivity index (χ1n) is 5.67. The van der Waals surface area contributed by atoms with E-state index in [9.17, 15) is 14.9 Å². The Morgan fingerprint density at radius 3 is 2.65 bits per heavy atom. The van der Waals surface area contributed by atoms with E-state index in [4.69, 9.17) is 5.26 Å². The van der Waals surface area contributed by atoms with Crippen LogP contribution in [0.2, 0.25) is 0 Å². The first-order chi connectivity index (χ1) is 9.61. The topological polar surface area (TPSA) is 96.0 Å². The Hall–Kier alpha value is -3.20. The smallest absolute Gasteiger partial charge is 0.270 e. The van der Waals surface area contributed by atoms with Crippen molar-refractivity contribution in [2.45, 2.75) is 0 Å². The number of para-hydroxylation sites is 1. The molecule has 1 amide bonds. The monoisotopic (exact) mass is 267 g/mol. The Labute approximate surface area is 114 Å². The minimum atomic E-state index is -0.569. The molecule has 0 unspecified atom stereocenters. The minimum Gasteiger partial charge on any atom is -0.321 e. The second kappa shape index (κ2) is 5.63. The van der Waals surface area contributed by atoms with E-state index in [1.165, 1.54) is 24.3 Å². The average molecular weight is 267 g/mol. The van der Waals surface area contributed by atoms with Gasteiger partial charge in [-0.3, -0.25) is 14.9 Å². The molecule has 98 valence electrons. The van der Waals surface area contributed by atoms with Gasteiger partial charge in [0.2, 0.25) is 0 Å². The molecule has 2 aromatic rings. The number of hydrogen-bond donors (Lipinski definition) is 1. The van der Waals surface area contributed by atoms with E-state index in [0.717, 1.165) is 0 Å². The van der Waals surface area contributed by atoms with Crippen LogP contribution >= 0.6 is 0 Å². The van der Waals surface area contributed by atoms with Gasteiger partial charge in [0, 0.05) is 17.7 Å². The van der Waals surface area contributed by atoms with Gasteiger partial charge in [0.1, 0.15) is 6.07 Å². The van der Waals surface area contributed by atoms with Crippen molar-refractivity contribution in [3.8, 4) is 6.07 Å². The molecular formula is C14H9N3O3. The van der Waals surface area contributed by atoms with Gasteiger partial charge in [0.05, 0.1) is 16.2 Å². The summed E-state index contributed by atoms with van der Waals surface area (Å²) < 4.78 is 0. The van der Waals surface area contributed by atoms with Crippen LogP contribution in [-0.2, 0) is 0 Å². The average Bonchev–Trinajstić information content (AvgIpc) is 2.48. The maximum absolute atomic E-state index is 12.0. The number of carbonyl (C=O) groups excluding carboxylic acids is 1. The van der Waals surface area contributed by atoms with Crippen molar-refractivity contribution in [3.63, 3.8) is 0 Å². The number of nitriles is 1. The van der Waals surface area contributed by atoms with Crippen molar-refractivity contribution in [1.29, 1.82) is 5.26 Å². The van der Waals surface area contributed by atoms with Crippen molar-refractivity contribution in [2.75, 3.05) is 5.32 Å². The summed E-state index contributed by atoms with van der Waals surface area (Å²) in [7, 11) is 0. The summed E-state index contributed by atoms with van der Waals surface area (Å²) in [4.78, 5) is 22.1. The predicted octanol–water partition coefficient (Wildman–Crippen LogP) is 2.72. The van der Waals surface area contributed by atoms with Crippen molar-refractivity contribution in [1.82, 2.24) is 0 Å². The summed E-state index contributed by atoms with van der Waals surface area (Å²) in [5.74, 6) is -0.503. The van der Waals surface area contributed by atoms with Crippen molar-refractivity contribution < 1.29 is 9.72 Å². The van der Waals surface area contributed by atoms with E-state index in [1.54, 1.807) is 24.3 Å². The van der Waals surface area contributed by atoms with Gasteiger partial charge in [-0.15, -0.1) is 0 Å². The number of anilines is 1. The fourth-order valence-electron chi connectivity index (χ4n) is 1.64. The Bertz CT molecular complexity index is 720. The lowest BCUT2D eigenvalue weighted by Crippen LogP contribution is -2.13. The molecule has 0 saturated carbocycles. The molecule has 6 nitrogen and oxygen atoms in total. The first-order valence-corrected chi connectivity index (χ1v) is 5.67. The highest BCUT2D eigenvalue weighted by atomic mass is 16.6. The second-order valence-electron chi connectivity index (χ2n) is 3.92. The number of amides is 1. The summed E-state index contributed by atoms with van der Waals surface area (Å²) in [6.45, 7) is 0. The minimum absolute atomic E-state index is 0.159. The van der Waals surface area contributed by atoms with Crippen LogP contribution < -0.4 is 5.32 Å². The van der Waals surface area contributed by atoms with E-state index < -0.39 is 10.8 Å². The van der Waals surface area contributed by atoms with E-state index in [1.807, 2.05) is 6.07 Å². The van der Waals surface area contributed by atoms with Crippen LogP contribution in [0.4, 0.5) is 11.4 Å². The number of non-ortho nitro benzene ring substituents is 1. The molecule has 0 aliphatic carbocycles. The number of carbonyl (C=O) groups is 1. The Balaban J connectivity index is 2.27. The maximum atomic E-state index is 12.0. The molecule has 0 saturated heterocycles. The molecule has 0 atom stereocenters. The molecule has 0 radical (unpaired) electrons. The number of nitro groups is 1. The van der Waals surface area contributed by atoms with Crippen LogP contribution in [-0.4, -0.2) is 10.8 Å². The van der Waals surface area contributed by atoms with Crippen molar-refractivity contribution in [2.24, 2.45) is 0 Å². The van der Waals surface area contributed by atoms with Gasteiger partial charge in [0.25, 0.3) is 11.6 Å². The lowest BCUT2D eigenvalue weighted by atomic mass is 10.1. The normalized spacial score (nSPS) is 9.55. The lowest BCUT2D eigenvalue weighted by molar-refractivity contribution is -0.384. The highest BCUT2D eigenvalue weighted by Crippen LogP contribution is 2.17. The number of nitrogens with zero attached hydrogens (tertiary/aromatic N) is 2. The highest BCUT2D eigenvalue weighted by molar-refractivity contribution is 6.05. The van der Waals surface area contributed by atoms with Crippen molar-refractivity contribution >= 4 is 17.3 Å². The van der Waals surface area contributed by atoms with Crippen LogP contribution in [0.25, 0.3) is 0 Å². The van der Waals surface area contributed by atoms with Gasteiger partial charge in [0.15, 0.2) is 0 Å². The molecule has 2 rings (SSSR count). The van der Waals surface area contributed by atoms with Crippen LogP contribution in [0.5, 0.6) is 0 Å². The van der Waals surface area contributed by atoms with Crippen LogP contribution in [0.3, 0.4) is 0 Å². The standard InChI is InChI=1S/C14H9N3O3/c15-9-11-4-1-2-7-13(11)16-14(18)10-5-3-6-12(8-10)17(19)20/h1-8H,(H,16,18). The second-order valence-corrected chi connectivity index (χ2v) is 3.92. The summed E-state index contributed by atoms with van der Waals surface area (Å²) >= 11 is 0. The molecule has 0 bridgehead atoms. The zero-order chi connectivity index (χ0) is 14.5. The molecule has 6 heteroatoms. The largest absolute Gasteiger partial charge is 0.321 e. The van der Waals surface area contributed by atoms with Gasteiger partial charge in [-0.2, -0.15) is 5.26 Å². The molecule has 0 aromatic heterocycles. The highest BCUT2D eigenvalue weighted by Gasteiger charge is 2.12. The first kappa shape index (κ1) is 13.2. The third kappa shape index (κ3) is 2.79. The summed E-state index contributed by atoms with van der Waals surface area (Å²) in [6.07, 6.45) is 0. The van der Waals surface area contributed by atoms with Crippen LogP contribution in [0.15, 0.2) is 48.5 Å². The van der Waals surface area contributed by atoms with E-state index in [-0.39, 0.29) is 11.3 Å². The molecule has 0 fully saturated rings. The molecule has 0 spiro atoms. The SMILES string of the molecule is N#Cc1ccccc1NC(=O)c1cccc([N+](=O)[O-])c1. The fraction of sp³-hybridized carbons (Fsp3) is 0. The Kier molecular flexibility index (Phi) is 3.72. The summed E-state index contributed by atoms with van der Waals surface area (Å²) in [6, 6.07) is 13.9. The zero-order valence-corrected chi connectivity index (χ0v) is 10.2.